The van der Waals surface area contributed by atoms with E-state index in [0.717, 1.165) is 30.4 Å². The van der Waals surface area contributed by atoms with E-state index in [1.54, 1.807) is 12.1 Å². The lowest BCUT2D eigenvalue weighted by atomic mass is 9.89. The van der Waals surface area contributed by atoms with Crippen molar-refractivity contribution in [3.63, 3.8) is 0 Å². The maximum Gasteiger partial charge on any atom is 0.405 e. The SMILES string of the molecule is CCC(C)c1cc(C(=O)NCC(F)(F)F)cc(C2(C)CC2)c1. The van der Waals surface area contributed by atoms with Crippen molar-refractivity contribution >= 4 is 5.91 Å². The third-order valence-corrected chi connectivity index (χ3v) is 4.55. The fraction of sp³-hybridized carbons (Fsp3) is 0.588. The molecular formula is C17H22F3NO. The average Bonchev–Trinajstić information content (AvgIpc) is 3.21. The van der Waals surface area contributed by atoms with Gasteiger partial charge in [-0.1, -0.05) is 26.8 Å². The lowest BCUT2D eigenvalue weighted by molar-refractivity contribution is -0.123. The van der Waals surface area contributed by atoms with E-state index in [1.807, 2.05) is 5.32 Å². The highest BCUT2D eigenvalue weighted by Gasteiger charge is 2.39. The van der Waals surface area contributed by atoms with Crippen molar-refractivity contribution in [2.45, 2.75) is 57.5 Å². The number of alkyl halides is 3. The van der Waals surface area contributed by atoms with E-state index in [4.69, 9.17) is 0 Å². The standard InChI is InChI=1S/C17H22F3NO/c1-4-11(2)12-7-13(15(22)21-10-17(18,19)20)9-14(8-12)16(3)5-6-16/h7-9,11H,4-6,10H2,1-3H3,(H,21,22). The average molecular weight is 313 g/mol. The number of amides is 1. The van der Waals surface area contributed by atoms with Gasteiger partial charge in [0.1, 0.15) is 6.54 Å². The van der Waals surface area contributed by atoms with Gasteiger partial charge in [0, 0.05) is 5.56 Å². The first kappa shape index (κ1) is 16.8. The van der Waals surface area contributed by atoms with Crippen LogP contribution >= 0.6 is 0 Å². The number of hydrogen-bond acceptors (Lipinski definition) is 1. The Kier molecular flexibility index (Phi) is 4.54. The first-order chi connectivity index (χ1) is 10.1. The van der Waals surface area contributed by atoms with Crippen LogP contribution in [0.25, 0.3) is 0 Å². The molecular weight excluding hydrogens is 291 g/mol. The lowest BCUT2D eigenvalue weighted by Gasteiger charge is -2.17. The number of carbonyl (C=O) groups is 1. The summed E-state index contributed by atoms with van der Waals surface area (Å²) >= 11 is 0. The molecule has 0 aromatic heterocycles. The van der Waals surface area contributed by atoms with Gasteiger partial charge in [0.15, 0.2) is 0 Å². The fourth-order valence-electron chi connectivity index (χ4n) is 2.41. The maximum absolute atomic E-state index is 12.3. The third-order valence-electron chi connectivity index (χ3n) is 4.55. The van der Waals surface area contributed by atoms with Gasteiger partial charge in [-0.25, -0.2) is 0 Å². The van der Waals surface area contributed by atoms with Crippen LogP contribution in [0.1, 0.15) is 67.4 Å². The number of benzene rings is 1. The van der Waals surface area contributed by atoms with Crippen LogP contribution < -0.4 is 5.32 Å². The highest BCUT2D eigenvalue weighted by Crippen LogP contribution is 2.48. The summed E-state index contributed by atoms with van der Waals surface area (Å²) in [6.45, 7) is 4.94. The van der Waals surface area contributed by atoms with E-state index in [1.165, 1.54) is 0 Å². The minimum absolute atomic E-state index is 0.0720. The summed E-state index contributed by atoms with van der Waals surface area (Å²) in [5, 5.41) is 1.96. The van der Waals surface area contributed by atoms with Crippen molar-refractivity contribution in [2.75, 3.05) is 6.54 Å². The monoisotopic (exact) mass is 313 g/mol. The number of nitrogens with one attached hydrogen (secondary N) is 1. The minimum Gasteiger partial charge on any atom is -0.343 e. The highest BCUT2D eigenvalue weighted by atomic mass is 19.4. The van der Waals surface area contributed by atoms with Gasteiger partial charge in [0.05, 0.1) is 0 Å². The molecule has 0 saturated heterocycles. The molecule has 0 aliphatic heterocycles. The van der Waals surface area contributed by atoms with Crippen LogP contribution in [0.5, 0.6) is 0 Å². The number of rotatable bonds is 5. The second-order valence-electron chi connectivity index (χ2n) is 6.51. The molecule has 1 atom stereocenters. The Morgan fingerprint density at radius 3 is 2.45 bits per heavy atom. The zero-order valence-corrected chi connectivity index (χ0v) is 13.2. The zero-order valence-electron chi connectivity index (χ0n) is 13.2. The first-order valence-electron chi connectivity index (χ1n) is 7.65. The summed E-state index contributed by atoms with van der Waals surface area (Å²) < 4.78 is 36.8. The molecule has 1 N–H and O–H groups in total. The van der Waals surface area contributed by atoms with Crippen molar-refractivity contribution in [3.8, 4) is 0 Å². The summed E-state index contributed by atoms with van der Waals surface area (Å²) in [4.78, 5) is 12.0. The second-order valence-corrected chi connectivity index (χ2v) is 6.51. The Hall–Kier alpha value is -1.52. The third kappa shape index (κ3) is 4.02. The van der Waals surface area contributed by atoms with E-state index < -0.39 is 18.6 Å². The highest BCUT2D eigenvalue weighted by molar-refractivity contribution is 5.94. The van der Waals surface area contributed by atoms with E-state index in [2.05, 4.69) is 26.8 Å². The molecule has 0 bridgehead atoms. The van der Waals surface area contributed by atoms with Crippen LogP contribution in [-0.4, -0.2) is 18.6 Å². The molecule has 1 unspecified atom stereocenters. The van der Waals surface area contributed by atoms with E-state index in [0.29, 0.717) is 5.56 Å². The van der Waals surface area contributed by atoms with Crippen molar-refractivity contribution in [1.82, 2.24) is 5.32 Å². The molecule has 1 fully saturated rings. The molecule has 1 aromatic carbocycles. The van der Waals surface area contributed by atoms with Gasteiger partial charge in [-0.2, -0.15) is 13.2 Å². The van der Waals surface area contributed by atoms with Crippen LogP contribution in [0.4, 0.5) is 13.2 Å². The second kappa shape index (κ2) is 5.94. The van der Waals surface area contributed by atoms with Gasteiger partial charge >= 0.3 is 6.18 Å². The van der Waals surface area contributed by atoms with Gasteiger partial charge in [-0.15, -0.1) is 0 Å². The maximum atomic E-state index is 12.3. The van der Waals surface area contributed by atoms with Crippen LogP contribution in [-0.2, 0) is 5.41 Å². The van der Waals surface area contributed by atoms with Crippen molar-refractivity contribution in [2.24, 2.45) is 0 Å². The first-order valence-corrected chi connectivity index (χ1v) is 7.65. The Labute approximate surface area is 129 Å². The molecule has 0 radical (unpaired) electrons. The zero-order chi connectivity index (χ0) is 16.5. The number of hydrogen-bond donors (Lipinski definition) is 1. The Morgan fingerprint density at radius 2 is 1.95 bits per heavy atom. The molecule has 2 nitrogen and oxygen atoms in total. The number of halogens is 3. The van der Waals surface area contributed by atoms with E-state index in [9.17, 15) is 18.0 Å². The molecule has 22 heavy (non-hydrogen) atoms. The molecule has 1 aromatic rings. The summed E-state index contributed by atoms with van der Waals surface area (Å²) in [7, 11) is 0. The largest absolute Gasteiger partial charge is 0.405 e. The quantitative estimate of drug-likeness (QED) is 0.849. The Morgan fingerprint density at radius 1 is 1.32 bits per heavy atom. The van der Waals surface area contributed by atoms with Gasteiger partial charge < -0.3 is 5.32 Å². The van der Waals surface area contributed by atoms with Gasteiger partial charge in [0.2, 0.25) is 0 Å². The predicted molar refractivity (Wildman–Crippen MR) is 80.1 cm³/mol. The normalized spacial score (nSPS) is 17.9. The lowest BCUT2D eigenvalue weighted by Crippen LogP contribution is -2.33. The molecule has 1 amide bonds. The molecule has 1 aliphatic carbocycles. The predicted octanol–water partition coefficient (Wildman–Crippen LogP) is 4.54. The molecule has 2 rings (SSSR count). The van der Waals surface area contributed by atoms with Crippen molar-refractivity contribution in [3.05, 3.63) is 34.9 Å². The molecule has 1 saturated carbocycles. The smallest absolute Gasteiger partial charge is 0.343 e. The van der Waals surface area contributed by atoms with Gasteiger partial charge in [-0.05, 0) is 53.9 Å². The van der Waals surface area contributed by atoms with Crippen LogP contribution in [0, 0.1) is 0 Å². The summed E-state index contributed by atoms with van der Waals surface area (Å²) in [5.41, 5.74) is 2.47. The minimum atomic E-state index is -4.39. The van der Waals surface area contributed by atoms with Crippen LogP contribution in [0.2, 0.25) is 0 Å². The van der Waals surface area contributed by atoms with Gasteiger partial charge in [0.25, 0.3) is 5.91 Å². The van der Waals surface area contributed by atoms with E-state index >= 15 is 0 Å². The number of carbonyl (C=O) groups excluding carboxylic acids is 1. The fourth-order valence-corrected chi connectivity index (χ4v) is 2.41. The Bertz CT molecular complexity index is 562. The van der Waals surface area contributed by atoms with Crippen LogP contribution in [0.15, 0.2) is 18.2 Å². The van der Waals surface area contributed by atoms with Crippen molar-refractivity contribution < 1.29 is 18.0 Å². The molecule has 0 heterocycles. The van der Waals surface area contributed by atoms with Crippen molar-refractivity contribution in [1.29, 1.82) is 0 Å². The molecule has 5 heteroatoms. The summed E-state index contributed by atoms with van der Waals surface area (Å²) in [6.07, 6.45) is -1.36. The topological polar surface area (TPSA) is 29.1 Å². The van der Waals surface area contributed by atoms with E-state index in [-0.39, 0.29) is 11.3 Å². The van der Waals surface area contributed by atoms with Crippen LogP contribution in [0.3, 0.4) is 0 Å². The molecule has 0 spiro atoms. The molecule has 1 aliphatic rings. The summed E-state index contributed by atoms with van der Waals surface area (Å²) in [5.74, 6) is -0.385. The molecule has 122 valence electrons. The Balaban J connectivity index is 2.28. The summed E-state index contributed by atoms with van der Waals surface area (Å²) in [6, 6.07) is 5.56. The van der Waals surface area contributed by atoms with Gasteiger partial charge in [-0.3, -0.25) is 4.79 Å².